The van der Waals surface area contributed by atoms with Crippen molar-refractivity contribution in [3.05, 3.63) is 159 Å². The van der Waals surface area contributed by atoms with Crippen molar-refractivity contribution in [1.29, 1.82) is 0 Å². The van der Waals surface area contributed by atoms with Gasteiger partial charge in [0.15, 0.2) is 0 Å². The number of piperazine rings is 1. The van der Waals surface area contributed by atoms with Crippen molar-refractivity contribution in [3.63, 3.8) is 0 Å². The van der Waals surface area contributed by atoms with Gasteiger partial charge >= 0.3 is 0 Å². The summed E-state index contributed by atoms with van der Waals surface area (Å²) in [5.74, 6) is 6.71. The van der Waals surface area contributed by atoms with Gasteiger partial charge in [-0.15, -0.1) is 11.8 Å². The fourth-order valence-electron chi connectivity index (χ4n) is 8.35. The van der Waals surface area contributed by atoms with E-state index < -0.39 is 27.7 Å². The highest BCUT2D eigenvalue weighted by molar-refractivity contribution is 7.99. The Balaban J connectivity index is 1.06. The topological polar surface area (TPSA) is 186 Å². The Morgan fingerprint density at radius 2 is 1.53 bits per heavy atom. The Hall–Kier alpha value is -6.20. The van der Waals surface area contributed by atoms with Gasteiger partial charge in [-0.1, -0.05) is 65.9 Å². The van der Waals surface area contributed by atoms with Gasteiger partial charge in [-0.3, -0.25) is 19.6 Å². The third-order valence-electron chi connectivity index (χ3n) is 12.5. The van der Waals surface area contributed by atoms with E-state index in [1.54, 1.807) is 48.2 Å². The van der Waals surface area contributed by atoms with Crippen molar-refractivity contribution >= 4 is 56.4 Å². The molecule has 73 heavy (non-hydrogen) atoms. The summed E-state index contributed by atoms with van der Waals surface area (Å²) in [5.41, 5.74) is 5.02. The molecule has 5 N–H and O–H groups in total. The molecule has 5 aromatic carbocycles. The number of nitrogens with zero attached hydrogens (tertiary/aromatic N) is 5. The van der Waals surface area contributed by atoms with Gasteiger partial charge < -0.3 is 40.1 Å². The maximum absolute atomic E-state index is 14.3. The Bertz CT molecular complexity index is 2960. The van der Waals surface area contributed by atoms with Crippen LogP contribution in [-0.4, -0.2) is 140 Å². The van der Waals surface area contributed by atoms with Crippen molar-refractivity contribution in [2.45, 2.75) is 47.7 Å². The second-order valence-corrected chi connectivity index (χ2v) is 21.6. The van der Waals surface area contributed by atoms with Gasteiger partial charge in [0.2, 0.25) is 0 Å². The zero-order chi connectivity index (χ0) is 51.9. The number of rotatable bonds is 23. The van der Waals surface area contributed by atoms with E-state index in [4.69, 9.17) is 11.6 Å². The molecule has 0 spiro atoms. The molecule has 7 rings (SSSR count). The third-order valence-corrected chi connectivity index (χ3v) is 15.3. The molecule has 1 aromatic heterocycles. The fraction of sp³-hybridized carbons (Fsp3) is 0.327. The maximum Gasteiger partial charge on any atom is 0.293 e. The van der Waals surface area contributed by atoms with Gasteiger partial charge in [0.05, 0.1) is 22.5 Å². The molecular weight excluding hydrogens is 984 g/mol. The van der Waals surface area contributed by atoms with Crippen LogP contribution in [-0.2, 0) is 16.6 Å². The van der Waals surface area contributed by atoms with Crippen LogP contribution >= 0.6 is 23.4 Å². The summed E-state index contributed by atoms with van der Waals surface area (Å²) in [6, 6.07) is 35.1. The SMILES string of the molecule is CN(C)CC[C@H](CSc1ccccc1)Nc1ccc(S(=O)(=O)Nc2ccc(C#Cc3ccc(-c4c(-c5ccc(Cl)cc5)cn(CC[C@H](O)CO)c4C(=O)NCCCN4CCN(C)CC4)cc3)cc2)cc1[N+](=O)[O-]. The number of sulfonamides is 1. The Morgan fingerprint density at radius 1 is 0.877 bits per heavy atom. The van der Waals surface area contributed by atoms with Gasteiger partial charge in [0.1, 0.15) is 11.4 Å². The molecule has 1 aliphatic rings. The van der Waals surface area contributed by atoms with Gasteiger partial charge in [-0.05, 0) is 137 Å². The number of hydrogen-bond donors (Lipinski definition) is 5. The molecule has 2 atom stereocenters. The lowest BCUT2D eigenvalue weighted by Gasteiger charge is -2.32. The van der Waals surface area contributed by atoms with Crippen LogP contribution in [0.1, 0.15) is 40.9 Å². The number of nitro groups is 1. The largest absolute Gasteiger partial charge is 0.394 e. The highest BCUT2D eigenvalue weighted by atomic mass is 35.5. The summed E-state index contributed by atoms with van der Waals surface area (Å²) in [6.07, 6.45) is 2.70. The number of benzene rings is 5. The molecule has 384 valence electrons. The van der Waals surface area contributed by atoms with Crippen LogP contribution in [0.2, 0.25) is 5.02 Å². The van der Waals surface area contributed by atoms with Crippen molar-refractivity contribution in [2.75, 3.05) is 89.4 Å². The summed E-state index contributed by atoms with van der Waals surface area (Å²) in [6.45, 7) is 6.03. The zero-order valence-corrected chi connectivity index (χ0v) is 43.7. The molecular formula is C55H63ClN8O7S2. The van der Waals surface area contributed by atoms with Crippen LogP contribution in [0.3, 0.4) is 0 Å². The number of hydrogen-bond acceptors (Lipinski definition) is 12. The van der Waals surface area contributed by atoms with E-state index in [2.05, 4.69) is 44.0 Å². The summed E-state index contributed by atoms with van der Waals surface area (Å²) < 4.78 is 31.6. The summed E-state index contributed by atoms with van der Waals surface area (Å²) in [7, 11) is 1.84. The van der Waals surface area contributed by atoms with Crippen molar-refractivity contribution < 1.29 is 28.3 Å². The number of aliphatic hydroxyl groups excluding tert-OH is 2. The van der Waals surface area contributed by atoms with E-state index in [1.807, 2.05) is 96.5 Å². The summed E-state index contributed by atoms with van der Waals surface area (Å²) >= 11 is 7.94. The monoisotopic (exact) mass is 1050 g/mol. The minimum atomic E-state index is -4.21. The number of amides is 1. The standard InChI is InChI=1S/C55H63ClN8O7S2/c1-60(2)30-26-46(39-72-48-8-5-4-6-9-48)58-51-25-24-49(36-52(51)64(68)69)73(70,71)59-45-22-14-41(15-23-45)11-10-40-12-16-43(17-13-40)53-50(42-18-20-44(56)21-19-42)37-63(31-27-47(66)38-65)54(53)55(67)57-28-7-29-62-34-32-61(3)33-35-62/h4-6,8-9,12-25,36-37,46-47,58-59,65-66H,7,26-35,38-39H2,1-3H3,(H,57,67)/t46-,47+/m1/s1. The van der Waals surface area contributed by atoms with Crippen LogP contribution in [0, 0.1) is 22.0 Å². The first-order valence-corrected chi connectivity index (χ1v) is 27.1. The zero-order valence-electron chi connectivity index (χ0n) is 41.3. The molecule has 1 aliphatic heterocycles. The fourth-order valence-corrected chi connectivity index (χ4v) is 10.6. The maximum atomic E-state index is 14.3. The van der Waals surface area contributed by atoms with E-state index >= 15 is 0 Å². The van der Waals surface area contributed by atoms with E-state index in [9.17, 15) is 33.5 Å². The van der Waals surface area contributed by atoms with E-state index in [-0.39, 0.29) is 46.9 Å². The lowest BCUT2D eigenvalue weighted by Crippen LogP contribution is -2.45. The smallest absolute Gasteiger partial charge is 0.293 e. The normalized spacial score (nSPS) is 14.0. The predicted octanol–water partition coefficient (Wildman–Crippen LogP) is 8.22. The van der Waals surface area contributed by atoms with Gasteiger partial charge in [-0.25, -0.2) is 8.42 Å². The minimum Gasteiger partial charge on any atom is -0.394 e. The number of halogens is 1. The van der Waals surface area contributed by atoms with Crippen LogP contribution in [0.15, 0.2) is 137 Å². The second-order valence-electron chi connectivity index (χ2n) is 18.3. The number of likely N-dealkylation sites (N-methyl/N-ethyl adjacent to an activating group) is 1. The van der Waals surface area contributed by atoms with E-state index in [1.165, 1.54) is 12.1 Å². The van der Waals surface area contributed by atoms with Crippen LogP contribution in [0.4, 0.5) is 17.1 Å². The molecule has 0 aliphatic carbocycles. The summed E-state index contributed by atoms with van der Waals surface area (Å²) in [5, 5.41) is 39.3. The van der Waals surface area contributed by atoms with E-state index in [0.29, 0.717) is 46.1 Å². The average molecular weight is 1050 g/mol. The lowest BCUT2D eigenvalue weighted by molar-refractivity contribution is -0.384. The first-order valence-electron chi connectivity index (χ1n) is 24.3. The number of thioether (sulfide) groups is 1. The molecule has 18 heteroatoms. The minimum absolute atomic E-state index is 0.133. The molecule has 0 radical (unpaired) electrons. The Kier molecular flexibility index (Phi) is 19.5. The molecule has 0 unspecified atom stereocenters. The Labute approximate surface area is 437 Å². The molecule has 1 amide bonds. The molecule has 1 fully saturated rings. The number of aryl methyl sites for hydroxylation is 1. The van der Waals surface area contributed by atoms with Crippen molar-refractivity contribution in [3.8, 4) is 34.1 Å². The van der Waals surface area contributed by atoms with Gasteiger partial charge in [-0.2, -0.15) is 0 Å². The van der Waals surface area contributed by atoms with Gasteiger partial charge in [0.25, 0.3) is 21.6 Å². The predicted molar refractivity (Wildman–Crippen MR) is 293 cm³/mol. The lowest BCUT2D eigenvalue weighted by atomic mass is 9.95. The number of carbonyl (C=O) groups excluding carboxylic acids is 1. The number of carbonyl (C=O) groups is 1. The van der Waals surface area contributed by atoms with Crippen LogP contribution in [0.25, 0.3) is 22.3 Å². The molecule has 0 bridgehead atoms. The second kappa shape index (κ2) is 26.1. The number of nitrogens with one attached hydrogen (secondary N) is 3. The molecule has 1 saturated heterocycles. The number of aromatic nitrogens is 1. The highest BCUT2D eigenvalue weighted by Gasteiger charge is 2.26. The molecule has 15 nitrogen and oxygen atoms in total. The first-order chi connectivity index (χ1) is 35.1. The van der Waals surface area contributed by atoms with Crippen LogP contribution in [0.5, 0.6) is 0 Å². The quantitative estimate of drug-likeness (QED) is 0.0136. The number of aliphatic hydroxyl groups is 2. The molecule has 0 saturated carbocycles. The first kappa shape index (κ1) is 54.6. The summed E-state index contributed by atoms with van der Waals surface area (Å²) in [4.78, 5) is 33.6. The number of nitro benzene ring substituents is 1. The average Bonchev–Trinajstić information content (AvgIpc) is 3.78. The molecule has 6 aromatic rings. The van der Waals surface area contributed by atoms with E-state index in [0.717, 1.165) is 73.3 Å². The highest BCUT2D eigenvalue weighted by Crippen LogP contribution is 2.38. The van der Waals surface area contributed by atoms with Crippen molar-refractivity contribution in [1.82, 2.24) is 24.6 Å². The van der Waals surface area contributed by atoms with Crippen LogP contribution < -0.4 is 15.4 Å². The Morgan fingerprint density at radius 3 is 2.18 bits per heavy atom. The molecule has 2 heterocycles. The number of anilines is 2. The van der Waals surface area contributed by atoms with Crippen molar-refractivity contribution in [2.24, 2.45) is 0 Å². The van der Waals surface area contributed by atoms with Gasteiger partial charge in [0, 0.05) is 101 Å². The third kappa shape index (κ3) is 15.7.